The van der Waals surface area contributed by atoms with Gasteiger partial charge in [0.25, 0.3) is 0 Å². The highest BCUT2D eigenvalue weighted by Gasteiger charge is 2.29. The monoisotopic (exact) mass is 366 g/mol. The van der Waals surface area contributed by atoms with Gasteiger partial charge in [-0.25, -0.2) is 0 Å². The zero-order valence-electron chi connectivity index (χ0n) is 16.6. The molecule has 1 atom stereocenters. The molecule has 1 amide bonds. The Morgan fingerprint density at radius 2 is 1.93 bits per heavy atom. The van der Waals surface area contributed by atoms with Crippen molar-refractivity contribution < 1.29 is 4.79 Å². The smallest absolute Gasteiger partial charge is 0.244 e. The standard InChI is InChI=1S/C22H30N4O/c1-18-8-4-5-10-20(18)21(24(2)3)22(27)26-13-7-12-25(14-15-26)17-19-9-6-11-23-16-19/h4-6,8-11,16,21H,7,12-15,17H2,1-3H3/t21-/m0/s1. The number of aromatic nitrogens is 1. The third kappa shape index (κ3) is 4.93. The summed E-state index contributed by atoms with van der Waals surface area (Å²) in [5.41, 5.74) is 3.49. The van der Waals surface area contributed by atoms with Gasteiger partial charge in [0.15, 0.2) is 0 Å². The third-order valence-electron chi connectivity index (χ3n) is 5.26. The van der Waals surface area contributed by atoms with Gasteiger partial charge in [0.1, 0.15) is 6.04 Å². The number of carbonyl (C=O) groups is 1. The predicted molar refractivity (Wildman–Crippen MR) is 108 cm³/mol. The molecule has 3 rings (SSSR count). The molecule has 144 valence electrons. The second kappa shape index (κ2) is 9.11. The minimum atomic E-state index is -0.226. The van der Waals surface area contributed by atoms with E-state index in [0.717, 1.165) is 50.3 Å². The molecule has 5 nitrogen and oxygen atoms in total. The summed E-state index contributed by atoms with van der Waals surface area (Å²) in [5.74, 6) is 0.206. The number of hydrogen-bond donors (Lipinski definition) is 0. The molecule has 0 aliphatic carbocycles. The van der Waals surface area contributed by atoms with Gasteiger partial charge in [0.05, 0.1) is 0 Å². The maximum Gasteiger partial charge on any atom is 0.244 e. The number of pyridine rings is 1. The molecule has 0 radical (unpaired) electrons. The topological polar surface area (TPSA) is 39.7 Å². The lowest BCUT2D eigenvalue weighted by molar-refractivity contribution is -0.136. The molecule has 1 aromatic carbocycles. The fraction of sp³-hybridized carbons (Fsp3) is 0.455. The summed E-state index contributed by atoms with van der Waals surface area (Å²) in [6.07, 6.45) is 4.73. The highest BCUT2D eigenvalue weighted by molar-refractivity contribution is 5.83. The Kier molecular flexibility index (Phi) is 6.58. The summed E-state index contributed by atoms with van der Waals surface area (Å²) < 4.78 is 0. The first kappa shape index (κ1) is 19.5. The lowest BCUT2D eigenvalue weighted by Crippen LogP contribution is -2.42. The van der Waals surface area contributed by atoms with Gasteiger partial charge in [-0.15, -0.1) is 0 Å². The quantitative estimate of drug-likeness (QED) is 0.816. The Morgan fingerprint density at radius 3 is 2.63 bits per heavy atom. The van der Waals surface area contributed by atoms with Crippen LogP contribution in [0.3, 0.4) is 0 Å². The van der Waals surface area contributed by atoms with E-state index in [2.05, 4.69) is 35.0 Å². The molecule has 1 aliphatic heterocycles. The van der Waals surface area contributed by atoms with Gasteiger partial charge in [0, 0.05) is 45.1 Å². The molecule has 0 unspecified atom stereocenters. The van der Waals surface area contributed by atoms with Gasteiger partial charge in [-0.3, -0.25) is 19.6 Å². The van der Waals surface area contributed by atoms with Crippen molar-refractivity contribution in [2.45, 2.75) is 25.9 Å². The molecule has 2 aromatic rings. The number of nitrogens with zero attached hydrogens (tertiary/aromatic N) is 4. The number of rotatable bonds is 5. The first-order valence-corrected chi connectivity index (χ1v) is 9.68. The Balaban J connectivity index is 1.68. The third-order valence-corrected chi connectivity index (χ3v) is 5.26. The van der Waals surface area contributed by atoms with Gasteiger partial charge >= 0.3 is 0 Å². The molecule has 5 heteroatoms. The summed E-state index contributed by atoms with van der Waals surface area (Å²) in [5, 5.41) is 0. The summed E-state index contributed by atoms with van der Waals surface area (Å²) in [6, 6.07) is 12.1. The molecule has 1 saturated heterocycles. The average Bonchev–Trinajstić information content (AvgIpc) is 2.90. The second-order valence-electron chi connectivity index (χ2n) is 7.54. The number of amides is 1. The highest BCUT2D eigenvalue weighted by atomic mass is 16.2. The normalized spacial score (nSPS) is 17.0. The fourth-order valence-corrected chi connectivity index (χ4v) is 3.80. The second-order valence-corrected chi connectivity index (χ2v) is 7.54. The van der Waals surface area contributed by atoms with Gasteiger partial charge in [-0.2, -0.15) is 0 Å². The van der Waals surface area contributed by atoms with Gasteiger partial charge in [0.2, 0.25) is 5.91 Å². The van der Waals surface area contributed by atoms with E-state index in [1.54, 1.807) is 6.20 Å². The number of likely N-dealkylation sites (N-methyl/N-ethyl adjacent to an activating group) is 1. The van der Waals surface area contributed by atoms with Crippen molar-refractivity contribution >= 4 is 5.91 Å². The average molecular weight is 367 g/mol. The lowest BCUT2D eigenvalue weighted by Gasteiger charge is -2.31. The maximum absolute atomic E-state index is 13.4. The number of hydrogen-bond acceptors (Lipinski definition) is 4. The minimum Gasteiger partial charge on any atom is -0.340 e. The van der Waals surface area contributed by atoms with Crippen LogP contribution < -0.4 is 0 Å². The fourth-order valence-electron chi connectivity index (χ4n) is 3.80. The van der Waals surface area contributed by atoms with Gasteiger partial charge in [-0.1, -0.05) is 30.3 Å². The van der Waals surface area contributed by atoms with Crippen molar-refractivity contribution in [1.29, 1.82) is 0 Å². The molecular weight excluding hydrogens is 336 g/mol. The molecule has 1 fully saturated rings. The van der Waals surface area contributed by atoms with Gasteiger partial charge < -0.3 is 4.90 Å². The number of benzene rings is 1. The Morgan fingerprint density at radius 1 is 1.11 bits per heavy atom. The van der Waals surface area contributed by atoms with Crippen LogP contribution >= 0.6 is 0 Å². The summed E-state index contributed by atoms with van der Waals surface area (Å²) in [7, 11) is 3.98. The molecule has 0 N–H and O–H groups in total. The van der Waals surface area contributed by atoms with E-state index in [-0.39, 0.29) is 11.9 Å². The maximum atomic E-state index is 13.4. The van der Waals surface area contributed by atoms with E-state index in [4.69, 9.17) is 0 Å². The Bertz CT molecular complexity index is 747. The van der Waals surface area contributed by atoms with Crippen LogP contribution in [0.25, 0.3) is 0 Å². The molecule has 2 heterocycles. The summed E-state index contributed by atoms with van der Waals surface area (Å²) in [4.78, 5) is 24.1. The van der Waals surface area contributed by atoms with Crippen LogP contribution in [0.1, 0.15) is 29.2 Å². The van der Waals surface area contributed by atoms with Crippen molar-refractivity contribution in [3.05, 3.63) is 65.5 Å². The van der Waals surface area contributed by atoms with Crippen LogP contribution in [0.5, 0.6) is 0 Å². The van der Waals surface area contributed by atoms with E-state index in [1.165, 1.54) is 5.56 Å². The molecule has 0 bridgehead atoms. The lowest BCUT2D eigenvalue weighted by atomic mass is 9.99. The Hall–Kier alpha value is -2.24. The van der Waals surface area contributed by atoms with Crippen molar-refractivity contribution in [2.75, 3.05) is 40.3 Å². The highest BCUT2D eigenvalue weighted by Crippen LogP contribution is 2.24. The molecule has 0 spiro atoms. The molecule has 0 saturated carbocycles. The SMILES string of the molecule is Cc1ccccc1[C@@H](C(=O)N1CCCN(Cc2cccnc2)CC1)N(C)C. The van der Waals surface area contributed by atoms with Crippen molar-refractivity contribution in [1.82, 2.24) is 19.7 Å². The van der Waals surface area contributed by atoms with Crippen LogP contribution in [-0.2, 0) is 11.3 Å². The van der Waals surface area contributed by atoms with E-state index >= 15 is 0 Å². The summed E-state index contributed by atoms with van der Waals surface area (Å²) in [6.45, 7) is 6.47. The van der Waals surface area contributed by atoms with Crippen LogP contribution in [-0.4, -0.2) is 65.9 Å². The first-order valence-electron chi connectivity index (χ1n) is 9.68. The van der Waals surface area contributed by atoms with E-state index in [1.807, 2.05) is 48.3 Å². The predicted octanol–water partition coefficient (Wildman–Crippen LogP) is 2.73. The van der Waals surface area contributed by atoms with Crippen LogP contribution in [0, 0.1) is 6.92 Å². The van der Waals surface area contributed by atoms with E-state index < -0.39 is 0 Å². The largest absolute Gasteiger partial charge is 0.340 e. The minimum absolute atomic E-state index is 0.206. The zero-order valence-corrected chi connectivity index (χ0v) is 16.6. The molecule has 27 heavy (non-hydrogen) atoms. The van der Waals surface area contributed by atoms with Crippen molar-refractivity contribution in [3.63, 3.8) is 0 Å². The number of aryl methyl sites for hydroxylation is 1. The molecular formula is C22H30N4O. The van der Waals surface area contributed by atoms with Crippen LogP contribution in [0.2, 0.25) is 0 Å². The van der Waals surface area contributed by atoms with Crippen LogP contribution in [0.4, 0.5) is 0 Å². The molecule has 1 aromatic heterocycles. The van der Waals surface area contributed by atoms with Crippen molar-refractivity contribution in [3.8, 4) is 0 Å². The number of carbonyl (C=O) groups excluding carboxylic acids is 1. The Labute approximate surface area is 162 Å². The van der Waals surface area contributed by atoms with E-state index in [9.17, 15) is 4.79 Å². The molecule has 1 aliphatic rings. The first-order chi connectivity index (χ1) is 13.1. The van der Waals surface area contributed by atoms with Crippen LogP contribution in [0.15, 0.2) is 48.8 Å². The van der Waals surface area contributed by atoms with Crippen molar-refractivity contribution in [2.24, 2.45) is 0 Å². The zero-order chi connectivity index (χ0) is 19.2. The summed E-state index contributed by atoms with van der Waals surface area (Å²) >= 11 is 0. The van der Waals surface area contributed by atoms with E-state index in [0.29, 0.717) is 0 Å². The van der Waals surface area contributed by atoms with Gasteiger partial charge in [-0.05, 0) is 50.2 Å².